The predicted molar refractivity (Wildman–Crippen MR) is 109 cm³/mol. The monoisotopic (exact) mass is 527 g/mol. The van der Waals surface area contributed by atoms with E-state index in [1.165, 1.54) is 6.07 Å². The van der Waals surface area contributed by atoms with Crippen LogP contribution in [0.25, 0.3) is 11.1 Å². The van der Waals surface area contributed by atoms with E-state index in [9.17, 15) is 31.4 Å². The van der Waals surface area contributed by atoms with Gasteiger partial charge in [-0.2, -0.15) is 26.3 Å². The van der Waals surface area contributed by atoms with E-state index >= 15 is 0 Å². The molecule has 0 unspecified atom stereocenters. The van der Waals surface area contributed by atoms with Crippen molar-refractivity contribution in [1.82, 2.24) is 0 Å². The fourth-order valence-corrected chi connectivity index (χ4v) is 2.67. The normalized spacial score (nSPS) is 11.8. The molecule has 0 aliphatic rings. The molecule has 1 N–H and O–H groups in total. The van der Waals surface area contributed by atoms with Crippen LogP contribution in [0.15, 0.2) is 71.7 Å². The van der Waals surface area contributed by atoms with Crippen molar-refractivity contribution in [3.8, 4) is 16.9 Å². The topological polar surface area (TPSA) is 32.6 Å². The summed E-state index contributed by atoms with van der Waals surface area (Å²) in [4.78, 5) is 3.74. The first-order valence-corrected chi connectivity index (χ1v) is 12.9. The van der Waals surface area contributed by atoms with Gasteiger partial charge in [0.05, 0.1) is 16.8 Å². The number of aromatic hydroxyl groups is 1. The number of alkyl halides is 6. The van der Waals surface area contributed by atoms with Crippen LogP contribution in [0.2, 0.25) is 0 Å². The molecule has 3 aromatic rings. The molecule has 11 heteroatoms. The van der Waals surface area contributed by atoms with Gasteiger partial charge in [-0.25, -0.2) is 0 Å². The average Bonchev–Trinajstić information content (AvgIpc) is 2.73. The van der Waals surface area contributed by atoms with Gasteiger partial charge >= 0.3 is 48.0 Å². The van der Waals surface area contributed by atoms with E-state index in [1.807, 2.05) is 0 Å². The molecule has 32 heavy (non-hydrogen) atoms. The molecule has 0 spiro atoms. The number of hydrogen-bond donors (Lipinski definition) is 1. The van der Waals surface area contributed by atoms with Gasteiger partial charge in [0.25, 0.3) is 0 Å². The molecule has 0 aliphatic carbocycles. The van der Waals surface area contributed by atoms with E-state index in [0.29, 0.717) is 23.3 Å². The number of rotatable bonds is 3. The first-order valence-electron chi connectivity index (χ1n) is 8.64. The third kappa shape index (κ3) is 7.27. The van der Waals surface area contributed by atoms with Crippen LogP contribution in [0.3, 0.4) is 0 Å². The minimum absolute atomic E-state index is 0.0342. The Labute approximate surface area is 196 Å². The summed E-state index contributed by atoms with van der Waals surface area (Å²) in [7, 11) is 9.78. The Kier molecular flexibility index (Phi) is 9.22. The van der Waals surface area contributed by atoms with Gasteiger partial charge in [-0.3, -0.25) is 4.99 Å². The first-order chi connectivity index (χ1) is 15.0. The van der Waals surface area contributed by atoms with Crippen LogP contribution in [-0.4, -0.2) is 11.3 Å². The summed E-state index contributed by atoms with van der Waals surface area (Å²) < 4.78 is 77.7. The number of aliphatic imine (C=N–C) groups is 1. The maximum atomic E-state index is 12.9. The van der Waals surface area contributed by atoms with E-state index in [0.717, 1.165) is 6.21 Å². The number of halogens is 8. The van der Waals surface area contributed by atoms with Gasteiger partial charge in [-0.05, 0) is 29.8 Å². The van der Waals surface area contributed by atoms with Crippen molar-refractivity contribution in [3.05, 3.63) is 83.4 Å². The van der Waals surface area contributed by atoms with Gasteiger partial charge in [0.1, 0.15) is 5.75 Å². The Hall–Kier alpha value is -2.00. The molecule has 0 fully saturated rings. The van der Waals surface area contributed by atoms with Crippen LogP contribution >= 0.6 is 18.6 Å². The number of nitrogens with zero attached hydrogens (tertiary/aromatic N) is 1. The van der Waals surface area contributed by atoms with Gasteiger partial charge in [-0.1, -0.05) is 42.5 Å². The Bertz CT molecular complexity index is 1040. The van der Waals surface area contributed by atoms with Crippen molar-refractivity contribution < 1.29 is 48.5 Å². The second-order valence-electron chi connectivity index (χ2n) is 6.20. The molecule has 0 bridgehead atoms. The third-order valence-electron chi connectivity index (χ3n) is 4.08. The molecule has 0 atom stereocenters. The van der Waals surface area contributed by atoms with Crippen molar-refractivity contribution in [1.29, 1.82) is 0 Å². The van der Waals surface area contributed by atoms with Gasteiger partial charge < -0.3 is 5.11 Å². The van der Waals surface area contributed by atoms with Crippen LogP contribution in [0.1, 0.15) is 16.7 Å². The summed E-state index contributed by atoms with van der Waals surface area (Å²) in [6.07, 6.45) is -8.89. The molecule has 0 saturated heterocycles. The van der Waals surface area contributed by atoms with E-state index in [4.69, 9.17) is 18.6 Å². The number of hydrogen-bond acceptors (Lipinski definition) is 2. The van der Waals surface area contributed by atoms with Gasteiger partial charge in [0.15, 0.2) is 0 Å². The summed E-state index contributed by atoms with van der Waals surface area (Å²) in [6, 6.07) is 14.6. The van der Waals surface area contributed by atoms with Gasteiger partial charge in [-0.15, -0.1) is 0 Å². The van der Waals surface area contributed by atoms with Crippen molar-refractivity contribution >= 4 is 30.5 Å². The van der Waals surface area contributed by atoms with E-state index in [-0.39, 0.29) is 17.4 Å². The van der Waals surface area contributed by atoms with Crippen molar-refractivity contribution in [2.24, 2.45) is 4.99 Å². The van der Waals surface area contributed by atoms with Crippen LogP contribution in [-0.2, 0) is 29.4 Å². The second-order valence-corrected chi connectivity index (χ2v) is 8.78. The molecule has 0 radical (unpaired) electrons. The Morgan fingerprint density at radius 1 is 0.781 bits per heavy atom. The molecular formula is C21H13Cl2F6NOTi. The number of phenolic OH excluding ortho intramolecular Hbond substituents is 1. The fraction of sp³-hybridized carbons (Fsp3) is 0.0952. The third-order valence-corrected chi connectivity index (χ3v) is 4.08. The molecular weight excluding hydrogens is 515 g/mol. The molecule has 168 valence electrons. The molecule has 0 aromatic heterocycles. The second kappa shape index (κ2) is 11.2. The van der Waals surface area contributed by atoms with Crippen LogP contribution in [0.4, 0.5) is 32.0 Å². The summed E-state index contributed by atoms with van der Waals surface area (Å²) >= 11 is -0.556. The predicted octanol–water partition coefficient (Wildman–Crippen LogP) is 8.22. The molecule has 3 aromatic carbocycles. The fourth-order valence-electron chi connectivity index (χ4n) is 2.67. The van der Waals surface area contributed by atoms with Crippen LogP contribution in [0, 0.1) is 0 Å². The van der Waals surface area contributed by atoms with Crippen molar-refractivity contribution in [2.45, 2.75) is 12.4 Å². The Morgan fingerprint density at radius 2 is 1.31 bits per heavy atom. The Balaban J connectivity index is 0.00000114. The quantitative estimate of drug-likeness (QED) is 0.208. The summed E-state index contributed by atoms with van der Waals surface area (Å²) in [5.41, 5.74) is -2.15. The van der Waals surface area contributed by atoms with Gasteiger partial charge in [0, 0.05) is 17.3 Å². The maximum absolute atomic E-state index is 12.9. The summed E-state index contributed by atoms with van der Waals surface area (Å²) in [5, 5.41) is 10.4. The van der Waals surface area contributed by atoms with Crippen molar-refractivity contribution in [2.75, 3.05) is 0 Å². The zero-order valence-electron chi connectivity index (χ0n) is 15.8. The average molecular weight is 528 g/mol. The zero-order valence-corrected chi connectivity index (χ0v) is 18.9. The summed E-state index contributed by atoms with van der Waals surface area (Å²) in [6.45, 7) is 0. The number of benzene rings is 3. The van der Waals surface area contributed by atoms with E-state index in [1.54, 1.807) is 42.5 Å². The van der Waals surface area contributed by atoms with E-state index in [2.05, 4.69) is 4.99 Å². The molecule has 0 aliphatic heterocycles. The molecule has 3 rings (SSSR count). The minimum atomic E-state index is -4.96. The summed E-state index contributed by atoms with van der Waals surface area (Å²) in [5.74, 6) is -0.189. The molecule has 0 amide bonds. The zero-order chi connectivity index (χ0) is 23.9. The van der Waals surface area contributed by atoms with Crippen molar-refractivity contribution in [3.63, 3.8) is 0 Å². The van der Waals surface area contributed by atoms with Crippen LogP contribution < -0.4 is 0 Å². The molecule has 2 nitrogen and oxygen atoms in total. The molecule has 0 heterocycles. The first kappa shape index (κ1) is 26.3. The number of phenols is 1. The number of para-hydroxylation sites is 1. The molecule has 0 saturated carbocycles. The SMILES string of the molecule is Oc1c(C=Nc2cc(C(F)(F)F)cc(C(F)(F)F)c2)cccc1-c1ccccc1.[Cl][Ti][Cl]. The Morgan fingerprint density at radius 3 is 1.81 bits per heavy atom. The standard InChI is InChI=1S/C21H13F6NO.2ClH.Ti/c22-20(23,24)15-9-16(21(25,26)27)11-17(10-15)28-12-14-7-4-8-18(19(14)29)13-5-2-1-3-6-13;;;/h1-12,29H;2*1H;/q;;;+2/p-2. The van der Waals surface area contributed by atoms with Crippen LogP contribution in [0.5, 0.6) is 5.75 Å². The van der Waals surface area contributed by atoms with Gasteiger partial charge in [0.2, 0.25) is 0 Å². The van der Waals surface area contributed by atoms with E-state index < -0.39 is 46.2 Å².